The monoisotopic (exact) mass is 1200 g/mol. The average Bonchev–Trinajstić information content (AvgIpc) is 3.61. The number of hydrogen-bond acceptors (Lipinski definition) is 8. The average molecular weight is 1200 g/mol. The predicted molar refractivity (Wildman–Crippen MR) is 360 cm³/mol. The van der Waals surface area contributed by atoms with Gasteiger partial charge in [-0.3, -0.25) is 14.2 Å². The van der Waals surface area contributed by atoms with Crippen LogP contribution < -0.4 is 4.89 Å². The number of phosphoric ester groups is 1. The molecule has 0 aromatic rings. The van der Waals surface area contributed by atoms with Gasteiger partial charge < -0.3 is 27.9 Å². The van der Waals surface area contributed by atoms with Crippen LogP contribution in [0.25, 0.3) is 0 Å². The van der Waals surface area contributed by atoms with E-state index in [1.54, 1.807) is 0 Å². The summed E-state index contributed by atoms with van der Waals surface area (Å²) in [7, 11) is 1.17. The summed E-state index contributed by atoms with van der Waals surface area (Å²) in [5, 5.41) is 0. The molecule has 0 amide bonds. The van der Waals surface area contributed by atoms with Gasteiger partial charge in [0.25, 0.3) is 7.82 Å². The second kappa shape index (κ2) is 64.7. The minimum Gasteiger partial charge on any atom is -0.756 e. The van der Waals surface area contributed by atoms with Crippen LogP contribution in [0.4, 0.5) is 0 Å². The van der Waals surface area contributed by atoms with Crippen LogP contribution in [0.1, 0.15) is 322 Å². The SMILES string of the molecule is CC/C=C\C/C=C\C/C=C\C/C=C\CCCCCCCCCCCCCCCCCCCCC(=O)OC(COC(=O)CCCCCCCCCCCCCCCC/C=C\C/C=C\C/C=C\CCCCCCC)COP(=O)([O-])OCC[N+](C)(C)C. The molecule has 0 fully saturated rings. The van der Waals surface area contributed by atoms with Crippen molar-refractivity contribution in [2.45, 2.75) is 328 Å². The van der Waals surface area contributed by atoms with Crippen molar-refractivity contribution >= 4 is 19.8 Å². The van der Waals surface area contributed by atoms with Crippen molar-refractivity contribution in [1.82, 2.24) is 0 Å². The fourth-order valence-electron chi connectivity index (χ4n) is 10.0. The van der Waals surface area contributed by atoms with Crippen LogP contribution in [0, 0.1) is 0 Å². The highest BCUT2D eigenvalue weighted by molar-refractivity contribution is 7.45. The first-order chi connectivity index (χ1) is 41.0. The van der Waals surface area contributed by atoms with Crippen molar-refractivity contribution in [1.29, 1.82) is 0 Å². The number of carbonyl (C=O) groups is 2. The van der Waals surface area contributed by atoms with Crippen LogP contribution in [0.15, 0.2) is 85.1 Å². The van der Waals surface area contributed by atoms with Gasteiger partial charge in [0.1, 0.15) is 19.8 Å². The van der Waals surface area contributed by atoms with Crippen LogP contribution in [-0.2, 0) is 32.7 Å². The third-order valence-electron chi connectivity index (χ3n) is 15.4. The number of phosphoric acid groups is 1. The first-order valence-electron chi connectivity index (χ1n) is 35.3. The van der Waals surface area contributed by atoms with Gasteiger partial charge in [-0.1, -0.05) is 304 Å². The predicted octanol–water partition coefficient (Wildman–Crippen LogP) is 22.3. The molecule has 84 heavy (non-hydrogen) atoms. The number of carbonyl (C=O) groups excluding carboxylic acids is 2. The molecule has 0 aromatic carbocycles. The van der Waals surface area contributed by atoms with E-state index >= 15 is 0 Å². The summed E-state index contributed by atoms with van der Waals surface area (Å²) in [6.07, 6.45) is 88.0. The summed E-state index contributed by atoms with van der Waals surface area (Å²) < 4.78 is 34.3. The van der Waals surface area contributed by atoms with Crippen LogP contribution in [-0.4, -0.2) is 70.0 Å². The molecule has 0 heterocycles. The van der Waals surface area contributed by atoms with Crippen molar-refractivity contribution < 1.29 is 42.1 Å². The molecule has 2 unspecified atom stereocenters. The van der Waals surface area contributed by atoms with Crippen LogP contribution in [0.3, 0.4) is 0 Å². The second-order valence-electron chi connectivity index (χ2n) is 24.9. The summed E-state index contributed by atoms with van der Waals surface area (Å²) in [6, 6.07) is 0. The lowest BCUT2D eigenvalue weighted by molar-refractivity contribution is -0.870. The highest BCUT2D eigenvalue weighted by atomic mass is 31.2. The molecule has 0 radical (unpaired) electrons. The zero-order valence-corrected chi connectivity index (χ0v) is 56.5. The number of likely N-dealkylation sites (N-methyl/N-ethyl adjacent to an activating group) is 1. The van der Waals surface area contributed by atoms with Gasteiger partial charge in [0, 0.05) is 12.8 Å². The molecule has 0 aromatic heterocycles. The molecule has 0 aliphatic carbocycles. The molecule has 0 spiro atoms. The van der Waals surface area contributed by atoms with Crippen LogP contribution in [0.5, 0.6) is 0 Å². The number of hydrogen-bond donors (Lipinski definition) is 0. The lowest BCUT2D eigenvalue weighted by Gasteiger charge is -2.28. The number of unbranched alkanes of at least 4 members (excludes halogenated alkanes) is 37. The van der Waals surface area contributed by atoms with E-state index in [4.69, 9.17) is 18.5 Å². The molecule has 0 saturated carbocycles. The van der Waals surface area contributed by atoms with Gasteiger partial charge in [0.05, 0.1) is 27.7 Å². The lowest BCUT2D eigenvalue weighted by atomic mass is 10.0. The zero-order chi connectivity index (χ0) is 61.2. The minimum atomic E-state index is -4.64. The normalized spacial score (nSPS) is 13.6. The summed E-state index contributed by atoms with van der Waals surface area (Å²) in [6.45, 7) is 4.16. The maximum absolute atomic E-state index is 12.9. The van der Waals surface area contributed by atoms with E-state index in [0.717, 1.165) is 77.0 Å². The van der Waals surface area contributed by atoms with E-state index in [9.17, 15) is 19.0 Å². The molecular formula is C74H134NO8P. The van der Waals surface area contributed by atoms with E-state index in [1.165, 1.54) is 212 Å². The fourth-order valence-corrected chi connectivity index (χ4v) is 10.7. The smallest absolute Gasteiger partial charge is 0.306 e. The Morgan fingerprint density at radius 3 is 1.01 bits per heavy atom. The van der Waals surface area contributed by atoms with E-state index in [2.05, 4.69) is 98.9 Å². The molecule has 0 bridgehead atoms. The summed E-state index contributed by atoms with van der Waals surface area (Å²) >= 11 is 0. The highest BCUT2D eigenvalue weighted by Gasteiger charge is 2.22. The maximum atomic E-state index is 12.9. The minimum absolute atomic E-state index is 0.0318. The van der Waals surface area contributed by atoms with Gasteiger partial charge >= 0.3 is 11.9 Å². The number of allylic oxidation sites excluding steroid dienone is 14. The van der Waals surface area contributed by atoms with E-state index in [-0.39, 0.29) is 32.0 Å². The zero-order valence-electron chi connectivity index (χ0n) is 55.6. The van der Waals surface area contributed by atoms with Crippen LogP contribution in [0.2, 0.25) is 0 Å². The van der Waals surface area contributed by atoms with Gasteiger partial charge in [-0.25, -0.2) is 0 Å². The first-order valence-corrected chi connectivity index (χ1v) is 36.8. The van der Waals surface area contributed by atoms with Crippen molar-refractivity contribution in [2.75, 3.05) is 47.5 Å². The van der Waals surface area contributed by atoms with Gasteiger partial charge in [0.2, 0.25) is 0 Å². The summed E-state index contributed by atoms with van der Waals surface area (Å²) in [4.78, 5) is 38.1. The third kappa shape index (κ3) is 68.3. The fraction of sp³-hybridized carbons (Fsp3) is 0.784. The second-order valence-corrected chi connectivity index (χ2v) is 26.3. The Morgan fingerprint density at radius 1 is 0.381 bits per heavy atom. The van der Waals surface area contributed by atoms with Crippen molar-refractivity contribution in [2.24, 2.45) is 0 Å². The summed E-state index contributed by atoms with van der Waals surface area (Å²) in [5.74, 6) is -0.822. The number of ether oxygens (including phenoxy) is 2. The molecule has 0 aliphatic heterocycles. The van der Waals surface area contributed by atoms with Gasteiger partial charge in [0.15, 0.2) is 6.10 Å². The Morgan fingerprint density at radius 2 is 0.679 bits per heavy atom. The van der Waals surface area contributed by atoms with Gasteiger partial charge in [-0.2, -0.15) is 0 Å². The van der Waals surface area contributed by atoms with E-state index < -0.39 is 26.5 Å². The molecule has 0 saturated heterocycles. The Bertz CT molecular complexity index is 1690. The highest BCUT2D eigenvalue weighted by Crippen LogP contribution is 2.38. The summed E-state index contributed by atoms with van der Waals surface area (Å²) in [5.41, 5.74) is 0. The maximum Gasteiger partial charge on any atom is 0.306 e. The number of rotatable bonds is 65. The van der Waals surface area contributed by atoms with E-state index in [1.807, 2.05) is 21.1 Å². The number of nitrogens with zero attached hydrogens (tertiary/aromatic N) is 1. The van der Waals surface area contributed by atoms with Gasteiger partial charge in [-0.05, 0) is 89.9 Å². The topological polar surface area (TPSA) is 111 Å². The molecule has 0 aliphatic rings. The Balaban J connectivity index is 4.03. The number of quaternary nitrogens is 1. The van der Waals surface area contributed by atoms with E-state index in [0.29, 0.717) is 17.4 Å². The Labute approximate surface area is 520 Å². The largest absolute Gasteiger partial charge is 0.756 e. The molecule has 9 nitrogen and oxygen atoms in total. The van der Waals surface area contributed by atoms with Crippen LogP contribution >= 0.6 is 7.82 Å². The van der Waals surface area contributed by atoms with Gasteiger partial charge in [-0.15, -0.1) is 0 Å². The molecule has 0 rings (SSSR count). The lowest BCUT2D eigenvalue weighted by Crippen LogP contribution is -2.37. The standard InChI is InChI=1S/C74H134NO8P/c1-6-8-10-12-14-16-18-20-22-24-26-28-30-32-34-36-37-39-41-43-45-47-49-51-53-55-57-59-61-63-65-67-74(77)83-72(71-82-84(78,79)81-69-68-75(3,4)5)70-80-73(76)66-64-62-60-58-56-54-52-50-48-46-44-42-40-38-35-33-31-29-27-25-23-21-19-17-15-13-11-9-7-2/h8,10,14,16,19-22,25-28,31,33,72H,6-7,9,11-13,15,17-18,23-24,29-30,32,34-71H2,1-5H3/b10-8-,16-14-,21-19-,22-20-,27-25-,28-26-,33-31-. The molecule has 10 heteroatoms. The number of esters is 2. The Kier molecular flexibility index (Phi) is 62.5. The Hall–Kier alpha value is -2.81. The molecule has 488 valence electrons. The molecule has 0 N–H and O–H groups in total. The van der Waals surface area contributed by atoms with Crippen molar-refractivity contribution in [3.05, 3.63) is 85.1 Å². The van der Waals surface area contributed by atoms with Crippen molar-refractivity contribution in [3.8, 4) is 0 Å². The molecular weight excluding hydrogens is 1060 g/mol. The molecule has 2 atom stereocenters. The third-order valence-corrected chi connectivity index (χ3v) is 16.4. The first kappa shape index (κ1) is 81.2. The quantitative estimate of drug-likeness (QED) is 0.0195. The van der Waals surface area contributed by atoms with Crippen molar-refractivity contribution in [3.63, 3.8) is 0 Å².